The van der Waals surface area contributed by atoms with Gasteiger partial charge in [-0.3, -0.25) is 4.79 Å². The molecule has 0 unspecified atom stereocenters. The lowest BCUT2D eigenvalue weighted by molar-refractivity contribution is 0.0920. The number of carbonyl (C=O) groups is 1. The largest absolute Gasteiger partial charge is 0.459 e. The van der Waals surface area contributed by atoms with Crippen LogP contribution in [0.2, 0.25) is 0 Å². The molecular formula is C15H14N4O2. The highest BCUT2D eigenvalue weighted by molar-refractivity contribution is 5.94. The smallest absolute Gasteiger partial charge is 0.317 e. The van der Waals surface area contributed by atoms with Crippen LogP contribution in [0.4, 0.5) is 5.95 Å². The molecule has 3 rings (SSSR count). The number of carbonyl (C=O) groups excluding carboxylic acids is 1. The second-order valence-electron chi connectivity index (χ2n) is 4.79. The highest BCUT2D eigenvalue weighted by atomic mass is 16.3. The van der Waals surface area contributed by atoms with E-state index in [0.29, 0.717) is 5.82 Å². The average Bonchev–Trinajstić information content (AvgIpc) is 3.10. The lowest BCUT2D eigenvalue weighted by Crippen LogP contribution is -2.15. The second-order valence-corrected chi connectivity index (χ2v) is 4.79. The molecule has 6 nitrogen and oxygen atoms in total. The fourth-order valence-corrected chi connectivity index (χ4v) is 1.98. The Kier molecular flexibility index (Phi) is 3.06. The van der Waals surface area contributed by atoms with Crippen molar-refractivity contribution in [1.29, 1.82) is 0 Å². The van der Waals surface area contributed by atoms with Crippen LogP contribution in [0.3, 0.4) is 0 Å². The molecule has 0 spiro atoms. The highest BCUT2D eigenvalue weighted by Gasteiger charge is 2.18. The summed E-state index contributed by atoms with van der Waals surface area (Å²) in [6.07, 6.45) is 1.42. The topological polar surface area (TPSA) is 86.9 Å². The summed E-state index contributed by atoms with van der Waals surface area (Å²) in [5.74, 6) is 0.165. The van der Waals surface area contributed by atoms with Crippen LogP contribution in [0.25, 0.3) is 11.4 Å². The van der Waals surface area contributed by atoms with Crippen LogP contribution in [0.15, 0.2) is 41.0 Å². The normalized spacial score (nSPS) is 10.8. The molecule has 0 aliphatic carbocycles. The summed E-state index contributed by atoms with van der Waals surface area (Å²) < 4.78 is 6.11. The Morgan fingerprint density at radius 1 is 1.24 bits per heavy atom. The third kappa shape index (κ3) is 2.31. The van der Waals surface area contributed by atoms with Crippen LogP contribution < -0.4 is 5.73 Å². The molecule has 2 N–H and O–H groups in total. The van der Waals surface area contributed by atoms with Crippen LogP contribution in [-0.2, 0) is 0 Å². The van der Waals surface area contributed by atoms with Crippen molar-refractivity contribution in [2.24, 2.45) is 0 Å². The first-order valence-electron chi connectivity index (χ1n) is 6.44. The minimum Gasteiger partial charge on any atom is -0.459 e. The van der Waals surface area contributed by atoms with Gasteiger partial charge in [0.1, 0.15) is 0 Å². The molecule has 21 heavy (non-hydrogen) atoms. The summed E-state index contributed by atoms with van der Waals surface area (Å²) in [5.41, 5.74) is 8.90. The number of benzene rings is 1. The van der Waals surface area contributed by atoms with Crippen LogP contribution >= 0.6 is 0 Å². The third-order valence-corrected chi connectivity index (χ3v) is 3.32. The number of anilines is 1. The van der Waals surface area contributed by atoms with Gasteiger partial charge in [0.05, 0.1) is 6.26 Å². The zero-order valence-corrected chi connectivity index (χ0v) is 11.7. The van der Waals surface area contributed by atoms with Gasteiger partial charge in [-0.15, -0.1) is 5.10 Å². The molecule has 2 aromatic heterocycles. The lowest BCUT2D eigenvalue weighted by Gasteiger charge is -2.01. The predicted octanol–water partition coefficient (Wildman–Crippen LogP) is 2.43. The molecule has 6 heteroatoms. The molecule has 106 valence electrons. The van der Waals surface area contributed by atoms with Gasteiger partial charge in [-0.05, 0) is 43.2 Å². The maximum absolute atomic E-state index is 12.2. The van der Waals surface area contributed by atoms with Gasteiger partial charge in [-0.2, -0.15) is 9.67 Å². The van der Waals surface area contributed by atoms with Gasteiger partial charge >= 0.3 is 5.91 Å². The monoisotopic (exact) mass is 282 g/mol. The van der Waals surface area contributed by atoms with Crippen molar-refractivity contribution in [2.75, 3.05) is 5.73 Å². The zero-order chi connectivity index (χ0) is 15.0. The number of nitrogens with two attached hydrogens (primary N) is 1. The first-order chi connectivity index (χ1) is 10.1. The number of rotatable bonds is 2. The Bertz CT molecular complexity index is 803. The van der Waals surface area contributed by atoms with Gasteiger partial charge in [-0.25, -0.2) is 0 Å². The van der Waals surface area contributed by atoms with Crippen LogP contribution in [0.1, 0.15) is 21.7 Å². The van der Waals surface area contributed by atoms with Gasteiger partial charge in [0, 0.05) is 5.56 Å². The number of nitrogen functional groups attached to an aromatic ring is 1. The first-order valence-corrected chi connectivity index (χ1v) is 6.44. The molecule has 2 heterocycles. The molecule has 0 radical (unpaired) electrons. The van der Waals surface area contributed by atoms with Crippen molar-refractivity contribution in [3.05, 3.63) is 53.5 Å². The quantitative estimate of drug-likeness (QED) is 0.780. The Morgan fingerprint density at radius 2 is 2.05 bits per heavy atom. The van der Waals surface area contributed by atoms with Gasteiger partial charge in [0.15, 0.2) is 11.6 Å². The second kappa shape index (κ2) is 4.90. The lowest BCUT2D eigenvalue weighted by atomic mass is 10.1. The highest BCUT2D eigenvalue weighted by Crippen LogP contribution is 2.20. The van der Waals surface area contributed by atoms with E-state index >= 15 is 0 Å². The van der Waals surface area contributed by atoms with E-state index in [1.807, 2.05) is 32.0 Å². The van der Waals surface area contributed by atoms with Crippen molar-refractivity contribution in [3.8, 4) is 11.4 Å². The Labute approximate surface area is 121 Å². The predicted molar refractivity (Wildman–Crippen MR) is 77.8 cm³/mol. The maximum Gasteiger partial charge on any atom is 0.317 e. The van der Waals surface area contributed by atoms with Gasteiger partial charge in [0.2, 0.25) is 5.95 Å². The number of aromatic nitrogens is 3. The van der Waals surface area contributed by atoms with Gasteiger partial charge in [0.25, 0.3) is 0 Å². The Hall–Kier alpha value is -2.89. The zero-order valence-electron chi connectivity index (χ0n) is 11.7. The van der Waals surface area contributed by atoms with Crippen molar-refractivity contribution < 1.29 is 9.21 Å². The maximum atomic E-state index is 12.2. The van der Waals surface area contributed by atoms with Crippen molar-refractivity contribution in [3.63, 3.8) is 0 Å². The minimum absolute atomic E-state index is 0.0321. The van der Waals surface area contributed by atoms with E-state index < -0.39 is 5.91 Å². The van der Waals surface area contributed by atoms with Gasteiger partial charge < -0.3 is 10.2 Å². The Morgan fingerprint density at radius 3 is 2.71 bits per heavy atom. The summed E-state index contributed by atoms with van der Waals surface area (Å²) in [6.45, 7) is 4.03. The van der Waals surface area contributed by atoms with Crippen molar-refractivity contribution >= 4 is 11.9 Å². The summed E-state index contributed by atoms with van der Waals surface area (Å²) in [5, 5.41) is 4.18. The first kappa shape index (κ1) is 13.1. The molecule has 0 aliphatic heterocycles. The van der Waals surface area contributed by atoms with E-state index in [4.69, 9.17) is 10.2 Å². The molecule has 1 aromatic carbocycles. The summed E-state index contributed by atoms with van der Waals surface area (Å²) >= 11 is 0. The van der Waals surface area contributed by atoms with Crippen molar-refractivity contribution in [1.82, 2.24) is 14.8 Å². The summed E-state index contributed by atoms with van der Waals surface area (Å²) in [6, 6.07) is 9.03. The number of hydrogen-bond acceptors (Lipinski definition) is 5. The Balaban J connectivity index is 2.01. The van der Waals surface area contributed by atoms with Crippen LogP contribution in [-0.4, -0.2) is 20.7 Å². The number of nitrogens with zero attached hydrogens (tertiary/aromatic N) is 3. The van der Waals surface area contributed by atoms with Crippen molar-refractivity contribution in [2.45, 2.75) is 13.8 Å². The van der Waals surface area contributed by atoms with E-state index in [9.17, 15) is 4.79 Å². The van der Waals surface area contributed by atoms with E-state index in [-0.39, 0.29) is 11.7 Å². The van der Waals surface area contributed by atoms with Gasteiger partial charge in [-0.1, -0.05) is 12.1 Å². The number of furan rings is 1. The molecule has 0 fully saturated rings. The molecule has 0 amide bonds. The van der Waals surface area contributed by atoms with Crippen LogP contribution in [0, 0.1) is 13.8 Å². The average molecular weight is 282 g/mol. The number of hydrogen-bond donors (Lipinski definition) is 1. The molecule has 0 bridgehead atoms. The molecule has 0 saturated carbocycles. The molecule has 0 aliphatic rings. The molecule has 3 aromatic rings. The third-order valence-electron chi connectivity index (χ3n) is 3.32. The molecular weight excluding hydrogens is 268 g/mol. The fourth-order valence-electron chi connectivity index (χ4n) is 1.98. The van der Waals surface area contributed by atoms with Crippen LogP contribution in [0.5, 0.6) is 0 Å². The number of aryl methyl sites for hydroxylation is 2. The summed E-state index contributed by atoms with van der Waals surface area (Å²) in [4.78, 5) is 16.3. The fraction of sp³-hybridized carbons (Fsp3) is 0.133. The minimum atomic E-state index is -0.444. The molecule has 0 atom stereocenters. The SMILES string of the molecule is Cc1ccc(-c2nc(N)n(C(=O)c3ccco3)n2)cc1C. The standard InChI is InChI=1S/C15H14N4O2/c1-9-5-6-11(8-10(9)2)13-17-15(16)19(18-13)14(20)12-4-3-7-21-12/h3-8H,1-2H3,(H2,16,17,18). The van der Waals surface area contributed by atoms with E-state index in [2.05, 4.69) is 10.1 Å². The summed E-state index contributed by atoms with van der Waals surface area (Å²) in [7, 11) is 0. The molecule has 0 saturated heterocycles. The van der Waals surface area contributed by atoms with E-state index in [1.165, 1.54) is 11.8 Å². The van der Waals surface area contributed by atoms with E-state index in [0.717, 1.165) is 15.8 Å². The van der Waals surface area contributed by atoms with E-state index in [1.54, 1.807) is 12.1 Å².